The molecule has 2 amide bonds. The van der Waals surface area contributed by atoms with Crippen LogP contribution in [0.5, 0.6) is 0 Å². The quantitative estimate of drug-likeness (QED) is 0.825. The number of hydrogen-bond donors (Lipinski definition) is 1. The molecule has 0 aromatic carbocycles. The maximum Gasteiger partial charge on any atom is 0.227 e. The highest BCUT2D eigenvalue weighted by atomic mass is 16.5. The molecule has 0 saturated carbocycles. The number of piperidine rings is 1. The Labute approximate surface area is 143 Å². The van der Waals surface area contributed by atoms with Gasteiger partial charge in [-0.25, -0.2) is 0 Å². The highest BCUT2D eigenvalue weighted by Gasteiger charge is 2.27. The number of aromatic nitrogens is 2. The summed E-state index contributed by atoms with van der Waals surface area (Å²) in [5.41, 5.74) is 0.728. The summed E-state index contributed by atoms with van der Waals surface area (Å²) in [6.07, 6.45) is 5.43. The first-order valence-electron chi connectivity index (χ1n) is 8.72. The SMILES string of the molecule is CCn1cc(NC(=O)C2CCN(C(=O)CCOC(C)C)CC2)cn1. The molecule has 134 valence electrons. The van der Waals surface area contributed by atoms with Gasteiger partial charge in [-0.15, -0.1) is 0 Å². The summed E-state index contributed by atoms with van der Waals surface area (Å²) in [6, 6.07) is 0. The molecule has 1 saturated heterocycles. The van der Waals surface area contributed by atoms with Gasteiger partial charge in [-0.3, -0.25) is 14.3 Å². The van der Waals surface area contributed by atoms with Crippen LogP contribution >= 0.6 is 0 Å². The van der Waals surface area contributed by atoms with Crippen LogP contribution in [0.1, 0.15) is 40.0 Å². The number of nitrogens with one attached hydrogen (secondary N) is 1. The summed E-state index contributed by atoms with van der Waals surface area (Å²) in [5.74, 6) is 0.0746. The lowest BCUT2D eigenvalue weighted by Gasteiger charge is -2.31. The first kappa shape index (κ1) is 18.4. The first-order chi connectivity index (χ1) is 11.5. The number of nitrogens with zero attached hydrogens (tertiary/aromatic N) is 3. The third-order valence-corrected chi connectivity index (χ3v) is 4.21. The second-order valence-corrected chi connectivity index (χ2v) is 6.40. The summed E-state index contributed by atoms with van der Waals surface area (Å²) < 4.78 is 7.19. The van der Waals surface area contributed by atoms with E-state index in [0.717, 1.165) is 12.2 Å². The van der Waals surface area contributed by atoms with Gasteiger partial charge in [0.15, 0.2) is 0 Å². The van der Waals surface area contributed by atoms with Crippen LogP contribution in [0.2, 0.25) is 0 Å². The van der Waals surface area contributed by atoms with Gasteiger partial charge in [0.05, 0.1) is 31.0 Å². The molecule has 7 heteroatoms. The topological polar surface area (TPSA) is 76.5 Å². The fourth-order valence-electron chi connectivity index (χ4n) is 2.78. The van der Waals surface area contributed by atoms with E-state index in [1.807, 2.05) is 31.9 Å². The number of anilines is 1. The van der Waals surface area contributed by atoms with Gasteiger partial charge in [-0.05, 0) is 33.6 Å². The van der Waals surface area contributed by atoms with E-state index in [1.54, 1.807) is 10.9 Å². The highest BCUT2D eigenvalue weighted by molar-refractivity contribution is 5.92. The number of likely N-dealkylation sites (tertiary alicyclic amines) is 1. The monoisotopic (exact) mass is 336 g/mol. The third kappa shape index (κ3) is 5.33. The van der Waals surface area contributed by atoms with E-state index in [0.29, 0.717) is 39.0 Å². The van der Waals surface area contributed by atoms with Crippen LogP contribution in [0.25, 0.3) is 0 Å². The van der Waals surface area contributed by atoms with E-state index in [4.69, 9.17) is 4.74 Å². The molecule has 1 fully saturated rings. The Hall–Kier alpha value is -1.89. The van der Waals surface area contributed by atoms with Crippen molar-refractivity contribution in [3.8, 4) is 0 Å². The molecule has 1 aromatic rings. The standard InChI is InChI=1S/C17H28N4O3/c1-4-21-12-15(11-18-21)19-17(23)14-5-8-20(9-6-14)16(22)7-10-24-13(2)3/h11-14H,4-10H2,1-3H3,(H,19,23). The smallest absolute Gasteiger partial charge is 0.227 e. The van der Waals surface area contributed by atoms with E-state index in [1.165, 1.54) is 0 Å². The molecular weight excluding hydrogens is 308 g/mol. The van der Waals surface area contributed by atoms with Crippen LogP contribution in [0.4, 0.5) is 5.69 Å². The molecule has 2 rings (SSSR count). The van der Waals surface area contributed by atoms with Crippen LogP contribution < -0.4 is 5.32 Å². The number of aryl methyl sites for hydroxylation is 1. The molecule has 1 aliphatic rings. The summed E-state index contributed by atoms with van der Waals surface area (Å²) in [5, 5.41) is 7.06. The average molecular weight is 336 g/mol. The second-order valence-electron chi connectivity index (χ2n) is 6.40. The zero-order valence-electron chi connectivity index (χ0n) is 14.8. The zero-order valence-corrected chi connectivity index (χ0v) is 14.8. The van der Waals surface area contributed by atoms with Gasteiger partial charge in [0.25, 0.3) is 0 Å². The van der Waals surface area contributed by atoms with Crippen molar-refractivity contribution in [3.05, 3.63) is 12.4 Å². The van der Waals surface area contributed by atoms with Crippen molar-refractivity contribution < 1.29 is 14.3 Å². The molecule has 7 nitrogen and oxygen atoms in total. The number of rotatable bonds is 7. The molecular formula is C17H28N4O3. The Balaban J connectivity index is 1.73. The highest BCUT2D eigenvalue weighted by Crippen LogP contribution is 2.20. The lowest BCUT2D eigenvalue weighted by molar-refractivity contribution is -0.135. The van der Waals surface area contributed by atoms with Crippen molar-refractivity contribution in [1.82, 2.24) is 14.7 Å². The summed E-state index contributed by atoms with van der Waals surface area (Å²) in [6.45, 7) is 8.41. The predicted molar refractivity (Wildman–Crippen MR) is 91.5 cm³/mol. The van der Waals surface area contributed by atoms with Gasteiger partial charge in [0.1, 0.15) is 0 Å². The molecule has 1 aromatic heterocycles. The van der Waals surface area contributed by atoms with E-state index < -0.39 is 0 Å². The van der Waals surface area contributed by atoms with Crippen LogP contribution in [0, 0.1) is 5.92 Å². The number of carbonyl (C=O) groups excluding carboxylic acids is 2. The van der Waals surface area contributed by atoms with E-state index in [9.17, 15) is 9.59 Å². The van der Waals surface area contributed by atoms with Gasteiger partial charge in [-0.2, -0.15) is 5.10 Å². The van der Waals surface area contributed by atoms with Gasteiger partial charge < -0.3 is 15.0 Å². The normalized spacial score (nSPS) is 15.8. The van der Waals surface area contributed by atoms with Crippen molar-refractivity contribution in [2.75, 3.05) is 25.0 Å². The lowest BCUT2D eigenvalue weighted by Crippen LogP contribution is -2.41. The molecule has 0 spiro atoms. The van der Waals surface area contributed by atoms with Crippen molar-refractivity contribution in [2.24, 2.45) is 5.92 Å². The maximum atomic E-state index is 12.3. The van der Waals surface area contributed by atoms with Crippen LogP contribution in [0.15, 0.2) is 12.4 Å². The Bertz CT molecular complexity index is 548. The fraction of sp³-hybridized carbons (Fsp3) is 0.706. The molecule has 0 radical (unpaired) electrons. The second kappa shape index (κ2) is 8.82. The first-order valence-corrected chi connectivity index (χ1v) is 8.72. The Morgan fingerprint density at radius 3 is 2.67 bits per heavy atom. The predicted octanol–water partition coefficient (Wildman–Crippen LogP) is 1.90. The number of carbonyl (C=O) groups is 2. The average Bonchev–Trinajstić information content (AvgIpc) is 3.02. The largest absolute Gasteiger partial charge is 0.378 e. The number of amides is 2. The van der Waals surface area contributed by atoms with Gasteiger partial charge in [0, 0.05) is 31.7 Å². The van der Waals surface area contributed by atoms with E-state index in [-0.39, 0.29) is 23.8 Å². The van der Waals surface area contributed by atoms with E-state index in [2.05, 4.69) is 10.4 Å². The Morgan fingerprint density at radius 2 is 2.08 bits per heavy atom. The molecule has 0 bridgehead atoms. The molecule has 24 heavy (non-hydrogen) atoms. The van der Waals surface area contributed by atoms with Crippen molar-refractivity contribution >= 4 is 17.5 Å². The van der Waals surface area contributed by atoms with Crippen molar-refractivity contribution in [2.45, 2.75) is 52.7 Å². The maximum absolute atomic E-state index is 12.3. The van der Waals surface area contributed by atoms with Crippen LogP contribution in [-0.2, 0) is 20.9 Å². The zero-order chi connectivity index (χ0) is 17.5. The molecule has 0 aliphatic carbocycles. The summed E-state index contributed by atoms with van der Waals surface area (Å²) in [7, 11) is 0. The molecule has 2 heterocycles. The van der Waals surface area contributed by atoms with Gasteiger partial charge in [-0.1, -0.05) is 0 Å². The minimum absolute atomic E-state index is 0.0147. The van der Waals surface area contributed by atoms with Crippen molar-refractivity contribution in [3.63, 3.8) is 0 Å². The molecule has 0 atom stereocenters. The van der Waals surface area contributed by atoms with Crippen molar-refractivity contribution in [1.29, 1.82) is 0 Å². The third-order valence-electron chi connectivity index (χ3n) is 4.21. The van der Waals surface area contributed by atoms with E-state index >= 15 is 0 Å². The molecule has 0 unspecified atom stereocenters. The summed E-state index contributed by atoms with van der Waals surface area (Å²) >= 11 is 0. The van der Waals surface area contributed by atoms with Crippen LogP contribution in [-0.4, -0.2) is 52.3 Å². The number of ether oxygens (including phenoxy) is 1. The lowest BCUT2D eigenvalue weighted by atomic mass is 9.95. The summed E-state index contributed by atoms with van der Waals surface area (Å²) in [4.78, 5) is 26.3. The van der Waals surface area contributed by atoms with Gasteiger partial charge in [0.2, 0.25) is 11.8 Å². The molecule has 1 N–H and O–H groups in total. The Morgan fingerprint density at radius 1 is 1.38 bits per heavy atom. The Kier molecular flexibility index (Phi) is 6.78. The molecule has 1 aliphatic heterocycles. The van der Waals surface area contributed by atoms with Gasteiger partial charge >= 0.3 is 0 Å². The minimum Gasteiger partial charge on any atom is -0.378 e. The minimum atomic E-state index is -0.0501. The fourth-order valence-corrected chi connectivity index (χ4v) is 2.78. The van der Waals surface area contributed by atoms with Crippen LogP contribution in [0.3, 0.4) is 0 Å². The number of hydrogen-bond acceptors (Lipinski definition) is 4.